The van der Waals surface area contributed by atoms with E-state index in [4.69, 9.17) is 9.47 Å². The van der Waals surface area contributed by atoms with Gasteiger partial charge in [0.25, 0.3) is 0 Å². The zero-order chi connectivity index (χ0) is 29.2. The predicted molar refractivity (Wildman–Crippen MR) is 171 cm³/mol. The molecule has 0 saturated heterocycles. The smallest absolute Gasteiger partial charge is 0.225 e. The molecule has 39 heavy (non-hydrogen) atoms. The normalized spacial score (nSPS) is 12.3. The zero-order valence-electron chi connectivity index (χ0n) is 27.8. The fourth-order valence-corrected chi connectivity index (χ4v) is 5.14. The predicted octanol–water partition coefficient (Wildman–Crippen LogP) is 10.7. The summed E-state index contributed by atoms with van der Waals surface area (Å²) in [4.78, 5) is 15.5. The molecule has 0 unspecified atom stereocenters. The van der Waals surface area contributed by atoms with Crippen molar-refractivity contribution in [3.8, 4) is 0 Å². The fraction of sp³-hybridized carbons (Fsp3) is 0.971. The number of methoxy groups -OCH3 is 1. The highest BCUT2D eigenvalue weighted by Gasteiger charge is 2.27. The summed E-state index contributed by atoms with van der Waals surface area (Å²) in [5.41, 5.74) is -0.647. The Morgan fingerprint density at radius 1 is 0.564 bits per heavy atom. The van der Waals surface area contributed by atoms with Crippen LogP contribution in [0, 0.1) is 0 Å². The van der Waals surface area contributed by atoms with Gasteiger partial charge in [0.1, 0.15) is 0 Å². The van der Waals surface area contributed by atoms with Crippen LogP contribution in [0.4, 0.5) is 0 Å². The average molecular weight is 554 g/mol. The first-order chi connectivity index (χ1) is 18.7. The highest BCUT2D eigenvalue weighted by atomic mass is 16.5. The standard InChI is InChI=1S/C35H71NO3/c1-8-10-12-14-16-18-20-22-24-26-29-36(30-27-25-23-21-19-17-15-13-11-9-2)33(37)32-35(5,6)39-31-28-34(3,4)38-7/h8-32H2,1-7H3. The summed E-state index contributed by atoms with van der Waals surface area (Å²) < 4.78 is 11.7. The van der Waals surface area contributed by atoms with Gasteiger partial charge in [0, 0.05) is 20.2 Å². The molecule has 0 aliphatic heterocycles. The Hall–Kier alpha value is -0.610. The molecule has 0 radical (unpaired) electrons. The van der Waals surface area contributed by atoms with E-state index in [1.807, 2.05) is 0 Å². The van der Waals surface area contributed by atoms with Crippen LogP contribution in [0.15, 0.2) is 0 Å². The molecular formula is C35H71NO3. The molecule has 1 amide bonds. The summed E-state index contributed by atoms with van der Waals surface area (Å²) in [6.45, 7) is 15.2. The second-order valence-corrected chi connectivity index (χ2v) is 13.2. The van der Waals surface area contributed by atoms with E-state index in [1.165, 1.54) is 116 Å². The van der Waals surface area contributed by atoms with Crippen LogP contribution in [0.1, 0.15) is 183 Å². The molecule has 0 aromatic rings. The second-order valence-electron chi connectivity index (χ2n) is 13.2. The number of unbranched alkanes of at least 4 members (excludes halogenated alkanes) is 18. The van der Waals surface area contributed by atoms with Gasteiger partial charge in [0.2, 0.25) is 5.91 Å². The minimum absolute atomic E-state index is 0.197. The molecule has 0 saturated carbocycles. The minimum atomic E-state index is -0.450. The molecule has 0 N–H and O–H groups in total. The van der Waals surface area contributed by atoms with Crippen molar-refractivity contribution in [1.82, 2.24) is 4.90 Å². The molecule has 4 heteroatoms. The van der Waals surface area contributed by atoms with E-state index in [-0.39, 0.29) is 11.5 Å². The third-order valence-electron chi connectivity index (χ3n) is 8.24. The van der Waals surface area contributed by atoms with E-state index in [0.717, 1.165) is 32.4 Å². The second kappa shape index (κ2) is 25.1. The molecular weight excluding hydrogens is 482 g/mol. The quantitative estimate of drug-likeness (QED) is 0.0865. The van der Waals surface area contributed by atoms with E-state index in [9.17, 15) is 4.79 Å². The Bertz CT molecular complexity index is 522. The molecule has 4 nitrogen and oxygen atoms in total. The van der Waals surface area contributed by atoms with Gasteiger partial charge in [-0.2, -0.15) is 0 Å². The molecule has 234 valence electrons. The van der Waals surface area contributed by atoms with Gasteiger partial charge < -0.3 is 14.4 Å². The first kappa shape index (κ1) is 38.4. The maximum atomic E-state index is 13.4. The number of hydrogen-bond acceptors (Lipinski definition) is 3. The van der Waals surface area contributed by atoms with Gasteiger partial charge in [0.15, 0.2) is 0 Å². The van der Waals surface area contributed by atoms with Gasteiger partial charge in [-0.25, -0.2) is 0 Å². The highest BCUT2D eigenvalue weighted by molar-refractivity contribution is 5.77. The Morgan fingerprint density at radius 3 is 1.28 bits per heavy atom. The Kier molecular flexibility index (Phi) is 24.7. The van der Waals surface area contributed by atoms with Crippen molar-refractivity contribution in [3.05, 3.63) is 0 Å². The lowest BCUT2D eigenvalue weighted by molar-refractivity contribution is -0.138. The molecule has 0 atom stereocenters. The summed E-state index contributed by atoms with van der Waals surface area (Å²) in [7, 11) is 1.74. The van der Waals surface area contributed by atoms with Crippen molar-refractivity contribution in [2.24, 2.45) is 0 Å². The molecule has 0 fully saturated rings. The first-order valence-electron chi connectivity index (χ1n) is 17.1. The van der Waals surface area contributed by atoms with Crippen molar-refractivity contribution in [2.75, 3.05) is 26.8 Å². The average Bonchev–Trinajstić information content (AvgIpc) is 2.89. The van der Waals surface area contributed by atoms with Crippen molar-refractivity contribution in [2.45, 2.75) is 194 Å². The SMILES string of the molecule is CCCCCCCCCCCCN(CCCCCCCCCCCC)C(=O)CC(C)(C)OCCC(C)(C)OC. The topological polar surface area (TPSA) is 38.8 Å². The van der Waals surface area contributed by atoms with Crippen molar-refractivity contribution < 1.29 is 14.3 Å². The third-order valence-corrected chi connectivity index (χ3v) is 8.24. The molecule has 0 heterocycles. The molecule has 0 aromatic carbocycles. The molecule has 0 rings (SSSR count). The van der Waals surface area contributed by atoms with E-state index >= 15 is 0 Å². The highest BCUT2D eigenvalue weighted by Crippen LogP contribution is 2.21. The largest absolute Gasteiger partial charge is 0.379 e. The van der Waals surface area contributed by atoms with Crippen LogP contribution in [0.3, 0.4) is 0 Å². The van der Waals surface area contributed by atoms with Gasteiger partial charge in [-0.3, -0.25) is 4.79 Å². The number of nitrogens with zero attached hydrogens (tertiary/aromatic N) is 1. The van der Waals surface area contributed by atoms with E-state index in [2.05, 4.69) is 46.4 Å². The molecule has 0 aromatic heterocycles. The van der Waals surface area contributed by atoms with Crippen LogP contribution >= 0.6 is 0 Å². The summed E-state index contributed by atoms with van der Waals surface area (Å²) in [6.07, 6.45) is 27.8. The minimum Gasteiger partial charge on any atom is -0.379 e. The van der Waals surface area contributed by atoms with Crippen LogP contribution in [0.5, 0.6) is 0 Å². The summed E-state index contributed by atoms with van der Waals surface area (Å²) in [5.74, 6) is 0.262. The first-order valence-corrected chi connectivity index (χ1v) is 17.1. The maximum absolute atomic E-state index is 13.4. The number of amides is 1. The fourth-order valence-electron chi connectivity index (χ4n) is 5.14. The van der Waals surface area contributed by atoms with Gasteiger partial charge in [-0.15, -0.1) is 0 Å². The van der Waals surface area contributed by atoms with Crippen LogP contribution in [-0.2, 0) is 14.3 Å². The van der Waals surface area contributed by atoms with E-state index in [0.29, 0.717) is 13.0 Å². The van der Waals surface area contributed by atoms with Crippen LogP contribution in [-0.4, -0.2) is 48.8 Å². The van der Waals surface area contributed by atoms with Crippen molar-refractivity contribution >= 4 is 5.91 Å². The Labute approximate surface area is 245 Å². The van der Waals surface area contributed by atoms with Crippen molar-refractivity contribution in [3.63, 3.8) is 0 Å². The van der Waals surface area contributed by atoms with E-state index in [1.54, 1.807) is 7.11 Å². The van der Waals surface area contributed by atoms with Gasteiger partial charge in [0.05, 0.1) is 24.2 Å². The molecule has 0 aliphatic rings. The summed E-state index contributed by atoms with van der Waals surface area (Å²) >= 11 is 0. The molecule has 0 spiro atoms. The van der Waals surface area contributed by atoms with Crippen LogP contribution < -0.4 is 0 Å². The van der Waals surface area contributed by atoms with Gasteiger partial charge in [-0.05, 0) is 47.0 Å². The number of carbonyl (C=O) groups excluding carboxylic acids is 1. The number of carbonyl (C=O) groups is 1. The lowest BCUT2D eigenvalue weighted by Gasteiger charge is -2.31. The zero-order valence-corrected chi connectivity index (χ0v) is 27.8. The molecule has 0 aliphatic carbocycles. The third kappa shape index (κ3) is 24.9. The monoisotopic (exact) mass is 554 g/mol. The summed E-state index contributed by atoms with van der Waals surface area (Å²) in [5, 5.41) is 0. The number of hydrogen-bond donors (Lipinski definition) is 0. The lowest BCUT2D eigenvalue weighted by atomic mass is 10.0. The van der Waals surface area contributed by atoms with E-state index < -0.39 is 5.60 Å². The maximum Gasteiger partial charge on any atom is 0.225 e. The van der Waals surface area contributed by atoms with Crippen LogP contribution in [0.25, 0.3) is 0 Å². The number of ether oxygens (including phenoxy) is 2. The Balaban J connectivity index is 4.46. The number of rotatable bonds is 29. The van der Waals surface area contributed by atoms with Crippen LogP contribution in [0.2, 0.25) is 0 Å². The molecule has 0 bridgehead atoms. The van der Waals surface area contributed by atoms with Gasteiger partial charge >= 0.3 is 0 Å². The summed E-state index contributed by atoms with van der Waals surface area (Å²) in [6, 6.07) is 0. The Morgan fingerprint density at radius 2 is 0.923 bits per heavy atom. The van der Waals surface area contributed by atoms with Crippen molar-refractivity contribution in [1.29, 1.82) is 0 Å². The lowest BCUT2D eigenvalue weighted by Crippen LogP contribution is -2.39. The van der Waals surface area contributed by atoms with Gasteiger partial charge in [-0.1, -0.05) is 129 Å².